The second-order valence-electron chi connectivity index (χ2n) is 6.77. The first kappa shape index (κ1) is 19.7. The van der Waals surface area contributed by atoms with Crippen molar-refractivity contribution in [2.24, 2.45) is 0 Å². The summed E-state index contributed by atoms with van der Waals surface area (Å²) < 4.78 is 1.87. The Bertz CT molecular complexity index is 1040. The van der Waals surface area contributed by atoms with Gasteiger partial charge in [-0.25, -0.2) is 4.98 Å². The normalized spacial score (nSPS) is 14.0. The summed E-state index contributed by atoms with van der Waals surface area (Å²) in [4.78, 5) is 30.9. The SMILES string of the molecule is O=C(/C=C\c1ccccc1)Nc1ccc2nc(SCC(=O)N3CCCC3)sc2c1. The highest BCUT2D eigenvalue weighted by Gasteiger charge is 2.18. The van der Waals surface area contributed by atoms with Gasteiger partial charge in [-0.2, -0.15) is 0 Å². The van der Waals surface area contributed by atoms with Gasteiger partial charge in [-0.3, -0.25) is 9.59 Å². The fourth-order valence-electron chi connectivity index (χ4n) is 3.14. The second-order valence-corrected chi connectivity index (χ2v) is 9.03. The summed E-state index contributed by atoms with van der Waals surface area (Å²) in [5, 5.41) is 2.89. The molecule has 1 aliphatic rings. The molecule has 1 aromatic heterocycles. The lowest BCUT2D eigenvalue weighted by atomic mass is 10.2. The van der Waals surface area contributed by atoms with Crippen molar-refractivity contribution in [2.75, 3.05) is 24.2 Å². The van der Waals surface area contributed by atoms with E-state index in [0.717, 1.165) is 51.7 Å². The van der Waals surface area contributed by atoms with Crippen LogP contribution in [0.5, 0.6) is 0 Å². The monoisotopic (exact) mass is 423 g/mol. The van der Waals surface area contributed by atoms with Crippen molar-refractivity contribution in [3.8, 4) is 0 Å². The first-order valence-electron chi connectivity index (χ1n) is 9.53. The molecule has 0 bridgehead atoms. The zero-order chi connectivity index (χ0) is 20.1. The van der Waals surface area contributed by atoms with Crippen LogP contribution in [-0.4, -0.2) is 40.5 Å². The molecule has 0 atom stereocenters. The van der Waals surface area contributed by atoms with Crippen LogP contribution >= 0.6 is 23.1 Å². The molecule has 7 heteroatoms. The van der Waals surface area contributed by atoms with Gasteiger partial charge in [-0.1, -0.05) is 42.1 Å². The molecule has 3 aromatic rings. The number of hydrogen-bond donors (Lipinski definition) is 1. The number of benzene rings is 2. The summed E-state index contributed by atoms with van der Waals surface area (Å²) in [5.41, 5.74) is 2.59. The average molecular weight is 424 g/mol. The Balaban J connectivity index is 1.37. The van der Waals surface area contributed by atoms with Crippen molar-refractivity contribution in [1.29, 1.82) is 0 Å². The second kappa shape index (κ2) is 9.24. The summed E-state index contributed by atoms with van der Waals surface area (Å²) in [6.07, 6.45) is 5.52. The van der Waals surface area contributed by atoms with E-state index in [2.05, 4.69) is 10.3 Å². The van der Waals surface area contributed by atoms with E-state index in [1.165, 1.54) is 17.8 Å². The number of thioether (sulfide) groups is 1. The topological polar surface area (TPSA) is 62.3 Å². The summed E-state index contributed by atoms with van der Waals surface area (Å²) in [6.45, 7) is 1.75. The van der Waals surface area contributed by atoms with Gasteiger partial charge < -0.3 is 10.2 Å². The number of likely N-dealkylation sites (tertiary alicyclic amines) is 1. The highest BCUT2D eigenvalue weighted by Crippen LogP contribution is 2.31. The van der Waals surface area contributed by atoms with Crippen molar-refractivity contribution in [3.63, 3.8) is 0 Å². The van der Waals surface area contributed by atoms with Gasteiger partial charge in [0.15, 0.2) is 4.34 Å². The summed E-state index contributed by atoms with van der Waals surface area (Å²) >= 11 is 3.03. The van der Waals surface area contributed by atoms with Crippen LogP contribution in [0, 0.1) is 0 Å². The van der Waals surface area contributed by atoms with Crippen LogP contribution in [0.2, 0.25) is 0 Å². The highest BCUT2D eigenvalue weighted by molar-refractivity contribution is 8.01. The zero-order valence-corrected chi connectivity index (χ0v) is 17.5. The van der Waals surface area contributed by atoms with Crippen LogP contribution in [0.1, 0.15) is 18.4 Å². The fourth-order valence-corrected chi connectivity index (χ4v) is 5.15. The minimum atomic E-state index is -0.177. The van der Waals surface area contributed by atoms with Crippen LogP contribution in [0.3, 0.4) is 0 Å². The number of nitrogens with one attached hydrogen (secondary N) is 1. The number of carbonyl (C=O) groups excluding carboxylic acids is 2. The number of nitrogens with zero attached hydrogens (tertiary/aromatic N) is 2. The van der Waals surface area contributed by atoms with Gasteiger partial charge >= 0.3 is 0 Å². The van der Waals surface area contributed by atoms with E-state index in [9.17, 15) is 9.59 Å². The third-order valence-corrected chi connectivity index (χ3v) is 6.79. The van der Waals surface area contributed by atoms with Gasteiger partial charge in [0.25, 0.3) is 0 Å². The maximum atomic E-state index is 12.2. The third kappa shape index (κ3) is 5.25. The number of aromatic nitrogens is 1. The number of anilines is 1. The van der Waals surface area contributed by atoms with Gasteiger partial charge in [0.2, 0.25) is 11.8 Å². The van der Waals surface area contributed by atoms with Crippen LogP contribution in [-0.2, 0) is 9.59 Å². The Morgan fingerprint density at radius 2 is 1.93 bits per heavy atom. The van der Waals surface area contributed by atoms with Crippen molar-refractivity contribution in [3.05, 3.63) is 60.2 Å². The summed E-state index contributed by atoms with van der Waals surface area (Å²) in [5.74, 6) is 0.432. The van der Waals surface area contributed by atoms with Gasteiger partial charge in [-0.05, 0) is 42.7 Å². The maximum absolute atomic E-state index is 12.2. The molecule has 1 aliphatic heterocycles. The fraction of sp³-hybridized carbons (Fsp3) is 0.227. The Morgan fingerprint density at radius 1 is 1.14 bits per heavy atom. The molecule has 2 amide bonds. The van der Waals surface area contributed by atoms with Gasteiger partial charge in [0.1, 0.15) is 0 Å². The molecule has 2 heterocycles. The summed E-state index contributed by atoms with van der Waals surface area (Å²) in [6, 6.07) is 15.4. The number of carbonyl (C=O) groups is 2. The molecule has 0 aliphatic carbocycles. The predicted molar refractivity (Wildman–Crippen MR) is 120 cm³/mol. The molecule has 0 saturated carbocycles. The van der Waals surface area contributed by atoms with Gasteiger partial charge in [0, 0.05) is 24.9 Å². The molecule has 1 N–H and O–H groups in total. The minimum absolute atomic E-state index is 0.177. The molecule has 5 nitrogen and oxygen atoms in total. The summed E-state index contributed by atoms with van der Waals surface area (Å²) in [7, 11) is 0. The smallest absolute Gasteiger partial charge is 0.248 e. The lowest BCUT2D eigenvalue weighted by Crippen LogP contribution is -2.29. The third-order valence-electron chi connectivity index (χ3n) is 4.64. The first-order chi connectivity index (χ1) is 14.2. The first-order valence-corrected chi connectivity index (χ1v) is 11.3. The molecule has 1 saturated heterocycles. The number of hydrogen-bond acceptors (Lipinski definition) is 5. The molecular formula is C22H21N3O2S2. The van der Waals surface area contributed by atoms with E-state index in [1.807, 2.05) is 53.4 Å². The molecule has 29 heavy (non-hydrogen) atoms. The van der Waals surface area contributed by atoms with E-state index in [0.29, 0.717) is 5.75 Å². The molecule has 0 unspecified atom stereocenters. The molecule has 1 fully saturated rings. The predicted octanol–water partition coefficient (Wildman–Crippen LogP) is 4.66. The molecule has 148 valence electrons. The number of amides is 2. The molecule has 2 aromatic carbocycles. The molecule has 0 radical (unpaired) electrons. The number of fused-ring (bicyclic) bond motifs is 1. The standard InChI is InChI=1S/C22H21N3O2S2/c26-20(11-8-16-6-2-1-3-7-16)23-17-9-10-18-19(14-17)29-22(24-18)28-15-21(27)25-12-4-5-13-25/h1-3,6-11,14H,4-5,12-13,15H2,(H,23,26)/b11-8-. The average Bonchev–Trinajstić information content (AvgIpc) is 3.41. The maximum Gasteiger partial charge on any atom is 0.248 e. The lowest BCUT2D eigenvalue weighted by molar-refractivity contribution is -0.127. The molecule has 0 spiro atoms. The van der Waals surface area contributed by atoms with Crippen LogP contribution < -0.4 is 5.32 Å². The highest BCUT2D eigenvalue weighted by atomic mass is 32.2. The van der Waals surface area contributed by atoms with Gasteiger partial charge in [-0.15, -0.1) is 11.3 Å². The van der Waals surface area contributed by atoms with Crippen molar-refractivity contribution in [1.82, 2.24) is 9.88 Å². The van der Waals surface area contributed by atoms with Crippen molar-refractivity contribution >= 4 is 56.9 Å². The Morgan fingerprint density at radius 3 is 2.72 bits per heavy atom. The largest absolute Gasteiger partial charge is 0.342 e. The Hall–Kier alpha value is -2.64. The van der Waals surface area contributed by atoms with Crippen molar-refractivity contribution in [2.45, 2.75) is 17.2 Å². The van der Waals surface area contributed by atoms with E-state index in [4.69, 9.17) is 0 Å². The lowest BCUT2D eigenvalue weighted by Gasteiger charge is -2.13. The zero-order valence-electron chi connectivity index (χ0n) is 15.8. The molecule has 4 rings (SSSR count). The van der Waals surface area contributed by atoms with Crippen molar-refractivity contribution < 1.29 is 9.59 Å². The minimum Gasteiger partial charge on any atom is -0.342 e. The quantitative estimate of drug-likeness (QED) is 0.463. The van der Waals surface area contributed by atoms with E-state index >= 15 is 0 Å². The Labute approximate surface area is 177 Å². The van der Waals surface area contributed by atoms with E-state index in [-0.39, 0.29) is 11.8 Å². The van der Waals surface area contributed by atoms with Gasteiger partial charge in [0.05, 0.1) is 16.0 Å². The van der Waals surface area contributed by atoms with E-state index in [1.54, 1.807) is 17.4 Å². The van der Waals surface area contributed by atoms with Crippen LogP contribution in [0.25, 0.3) is 16.3 Å². The molecular weight excluding hydrogens is 402 g/mol. The number of thiazole rings is 1. The Kier molecular flexibility index (Phi) is 6.27. The number of rotatable bonds is 6. The van der Waals surface area contributed by atoms with Crippen LogP contribution in [0.15, 0.2) is 58.9 Å². The van der Waals surface area contributed by atoms with Crippen LogP contribution in [0.4, 0.5) is 5.69 Å². The van der Waals surface area contributed by atoms with E-state index < -0.39 is 0 Å².